The van der Waals surface area contributed by atoms with Crippen LogP contribution in [-0.4, -0.2) is 23.1 Å². The lowest BCUT2D eigenvalue weighted by molar-refractivity contribution is 0.0756. The highest BCUT2D eigenvalue weighted by atomic mass is 32.2. The van der Waals surface area contributed by atoms with Crippen LogP contribution in [0.2, 0.25) is 0 Å². The number of carbonyl (C=O) groups excluding carboxylic acids is 1. The minimum atomic E-state index is -0.581. The Morgan fingerprint density at radius 2 is 1.83 bits per heavy atom. The number of thioether (sulfide) groups is 1. The lowest BCUT2D eigenvalue weighted by Gasteiger charge is -2.23. The summed E-state index contributed by atoms with van der Waals surface area (Å²) in [5, 5.41) is 0.688. The van der Waals surface area contributed by atoms with E-state index in [1.54, 1.807) is 34.9 Å². The summed E-state index contributed by atoms with van der Waals surface area (Å²) in [6.45, 7) is 0.620. The second-order valence-corrected chi connectivity index (χ2v) is 6.81. The maximum atomic E-state index is 12.9. The van der Waals surface area contributed by atoms with Crippen LogP contribution in [0.1, 0.15) is 21.3 Å². The molecule has 0 radical (unpaired) electrons. The number of benzene rings is 2. The Morgan fingerprint density at radius 1 is 1.08 bits per heavy atom. The molecular weight excluding hydrogens is 322 g/mol. The van der Waals surface area contributed by atoms with Crippen molar-refractivity contribution in [3.63, 3.8) is 0 Å². The molecule has 1 aliphatic heterocycles. The van der Waals surface area contributed by atoms with Gasteiger partial charge in [0.1, 0.15) is 16.5 Å². The van der Waals surface area contributed by atoms with Crippen LogP contribution in [0.3, 0.4) is 0 Å². The standard InChI is InChI=1S/C19H15NO3S/c21-17(15-12-14-8-4-5-9-16(14)23-19(15)22)20-10-11-24-18(20)13-6-2-1-3-7-13/h1-9,12,18H,10-11H2/t18-/m0/s1. The van der Waals surface area contributed by atoms with Crippen LogP contribution in [0.5, 0.6) is 0 Å². The molecule has 120 valence electrons. The molecule has 1 saturated heterocycles. The SMILES string of the molecule is O=C(c1cc2ccccc2oc1=O)N1CCS[C@H]1c1ccccc1. The number of nitrogens with zero attached hydrogens (tertiary/aromatic N) is 1. The zero-order chi connectivity index (χ0) is 16.5. The summed E-state index contributed by atoms with van der Waals surface area (Å²) < 4.78 is 5.30. The highest BCUT2D eigenvalue weighted by Gasteiger charge is 2.32. The Labute approximate surface area is 143 Å². The number of hydrogen-bond acceptors (Lipinski definition) is 4. The van der Waals surface area contributed by atoms with Crippen LogP contribution in [0.15, 0.2) is 69.9 Å². The van der Waals surface area contributed by atoms with E-state index in [0.29, 0.717) is 12.1 Å². The summed E-state index contributed by atoms with van der Waals surface area (Å²) in [5.74, 6) is 0.581. The highest BCUT2D eigenvalue weighted by Crippen LogP contribution is 2.38. The largest absolute Gasteiger partial charge is 0.422 e. The van der Waals surface area contributed by atoms with E-state index >= 15 is 0 Å². The van der Waals surface area contributed by atoms with Gasteiger partial charge in [-0.2, -0.15) is 0 Å². The van der Waals surface area contributed by atoms with Gasteiger partial charge in [-0.3, -0.25) is 4.79 Å². The average Bonchev–Trinajstić information content (AvgIpc) is 3.11. The molecular formula is C19H15NO3S. The Hall–Kier alpha value is -2.53. The smallest absolute Gasteiger partial charge is 0.349 e. The maximum Gasteiger partial charge on any atom is 0.349 e. The summed E-state index contributed by atoms with van der Waals surface area (Å²) in [6.07, 6.45) is 0. The second-order valence-electron chi connectivity index (χ2n) is 5.62. The minimum absolute atomic E-state index is 0.0652. The average molecular weight is 337 g/mol. The second kappa shape index (κ2) is 6.17. The lowest BCUT2D eigenvalue weighted by Crippen LogP contribution is -2.33. The van der Waals surface area contributed by atoms with Gasteiger partial charge in [-0.05, 0) is 17.7 Å². The maximum absolute atomic E-state index is 12.9. The van der Waals surface area contributed by atoms with Gasteiger partial charge in [0.25, 0.3) is 5.91 Å². The molecule has 5 heteroatoms. The molecule has 1 fully saturated rings. The van der Waals surface area contributed by atoms with Gasteiger partial charge in [0, 0.05) is 17.7 Å². The summed E-state index contributed by atoms with van der Waals surface area (Å²) in [7, 11) is 0. The third-order valence-electron chi connectivity index (χ3n) is 4.11. The zero-order valence-electron chi connectivity index (χ0n) is 12.8. The molecule has 1 aliphatic rings. The van der Waals surface area contributed by atoms with E-state index in [-0.39, 0.29) is 16.8 Å². The zero-order valence-corrected chi connectivity index (χ0v) is 13.7. The van der Waals surface area contributed by atoms with E-state index in [1.165, 1.54) is 0 Å². The Morgan fingerprint density at radius 3 is 2.67 bits per heavy atom. The van der Waals surface area contributed by atoms with Gasteiger partial charge >= 0.3 is 5.63 Å². The molecule has 2 aromatic carbocycles. The van der Waals surface area contributed by atoms with Crippen molar-refractivity contribution in [2.24, 2.45) is 0 Å². The summed E-state index contributed by atoms with van der Waals surface area (Å²) in [5.41, 5.74) is 1.08. The van der Waals surface area contributed by atoms with Crippen molar-refractivity contribution in [1.29, 1.82) is 0 Å². The van der Waals surface area contributed by atoms with E-state index < -0.39 is 5.63 Å². The summed E-state index contributed by atoms with van der Waals surface area (Å²) >= 11 is 1.71. The molecule has 4 rings (SSSR count). The molecule has 1 atom stereocenters. The molecule has 0 N–H and O–H groups in total. The highest BCUT2D eigenvalue weighted by molar-refractivity contribution is 7.99. The number of rotatable bonds is 2. The van der Waals surface area contributed by atoms with Gasteiger partial charge in [0.2, 0.25) is 0 Å². The van der Waals surface area contributed by atoms with Crippen LogP contribution in [0, 0.1) is 0 Å². The van der Waals surface area contributed by atoms with Gasteiger partial charge in [-0.1, -0.05) is 48.5 Å². The van der Waals surface area contributed by atoms with Crippen molar-refractivity contribution in [3.05, 3.63) is 82.2 Å². The van der Waals surface area contributed by atoms with E-state index in [2.05, 4.69) is 0 Å². The van der Waals surface area contributed by atoms with Crippen molar-refractivity contribution in [2.45, 2.75) is 5.37 Å². The molecule has 0 spiro atoms. The van der Waals surface area contributed by atoms with Crippen molar-refractivity contribution in [1.82, 2.24) is 4.90 Å². The molecule has 24 heavy (non-hydrogen) atoms. The van der Waals surface area contributed by atoms with Crippen LogP contribution in [0.25, 0.3) is 11.0 Å². The fourth-order valence-electron chi connectivity index (χ4n) is 2.94. The molecule has 1 aromatic heterocycles. The number of hydrogen-bond donors (Lipinski definition) is 0. The molecule has 4 nitrogen and oxygen atoms in total. The number of carbonyl (C=O) groups is 1. The van der Waals surface area contributed by atoms with Gasteiger partial charge < -0.3 is 9.32 Å². The van der Waals surface area contributed by atoms with E-state index in [4.69, 9.17) is 4.42 Å². The van der Waals surface area contributed by atoms with Crippen molar-refractivity contribution in [2.75, 3.05) is 12.3 Å². The third kappa shape index (κ3) is 2.61. The normalized spacial score (nSPS) is 17.3. The Balaban J connectivity index is 1.73. The van der Waals surface area contributed by atoms with Gasteiger partial charge in [0.05, 0.1) is 0 Å². The molecule has 2 heterocycles. The minimum Gasteiger partial charge on any atom is -0.422 e. The predicted octanol–water partition coefficient (Wildman–Crippen LogP) is 3.68. The topological polar surface area (TPSA) is 50.5 Å². The van der Waals surface area contributed by atoms with Crippen LogP contribution >= 0.6 is 11.8 Å². The molecule has 3 aromatic rings. The summed E-state index contributed by atoms with van der Waals surface area (Å²) in [6, 6.07) is 18.7. The first-order valence-corrected chi connectivity index (χ1v) is 8.79. The van der Waals surface area contributed by atoms with Crippen LogP contribution in [0.4, 0.5) is 0 Å². The molecule has 0 aliphatic carbocycles. The number of fused-ring (bicyclic) bond motifs is 1. The van der Waals surface area contributed by atoms with Crippen LogP contribution < -0.4 is 5.63 Å². The lowest BCUT2D eigenvalue weighted by atomic mass is 10.1. The van der Waals surface area contributed by atoms with Crippen LogP contribution in [-0.2, 0) is 0 Å². The molecule has 0 saturated carbocycles. The Kier molecular flexibility index (Phi) is 3.86. The van der Waals surface area contributed by atoms with E-state index in [0.717, 1.165) is 16.7 Å². The Bertz CT molecular complexity index is 951. The van der Waals surface area contributed by atoms with Gasteiger partial charge in [-0.15, -0.1) is 11.8 Å². The number of amides is 1. The van der Waals surface area contributed by atoms with Crippen molar-refractivity contribution in [3.8, 4) is 0 Å². The molecule has 0 bridgehead atoms. The first kappa shape index (κ1) is 15.0. The van der Waals surface area contributed by atoms with Crippen molar-refractivity contribution >= 4 is 28.6 Å². The van der Waals surface area contributed by atoms with Gasteiger partial charge in [-0.25, -0.2) is 4.79 Å². The third-order valence-corrected chi connectivity index (χ3v) is 5.37. The van der Waals surface area contributed by atoms with Gasteiger partial charge in [0.15, 0.2) is 0 Å². The fraction of sp³-hybridized carbons (Fsp3) is 0.158. The molecule has 1 amide bonds. The van der Waals surface area contributed by atoms with E-state index in [1.807, 2.05) is 42.5 Å². The van der Waals surface area contributed by atoms with Crippen molar-refractivity contribution < 1.29 is 9.21 Å². The van der Waals surface area contributed by atoms with E-state index in [9.17, 15) is 9.59 Å². The fourth-order valence-corrected chi connectivity index (χ4v) is 4.19. The monoisotopic (exact) mass is 337 g/mol. The molecule has 0 unspecified atom stereocenters. The summed E-state index contributed by atoms with van der Waals surface area (Å²) in [4.78, 5) is 27.0. The number of para-hydroxylation sites is 1. The predicted molar refractivity (Wildman–Crippen MR) is 95.2 cm³/mol. The quantitative estimate of drug-likeness (QED) is 0.669. The first-order valence-electron chi connectivity index (χ1n) is 7.74. The first-order chi connectivity index (χ1) is 11.7.